The minimum absolute atomic E-state index is 0.157. The molecule has 0 heterocycles. The van der Waals surface area contributed by atoms with E-state index in [1.165, 1.54) is 37.7 Å². The van der Waals surface area contributed by atoms with E-state index in [2.05, 4.69) is 5.32 Å². The van der Waals surface area contributed by atoms with Gasteiger partial charge in [-0.25, -0.2) is 0 Å². The molecule has 2 aliphatic rings. The van der Waals surface area contributed by atoms with Gasteiger partial charge in [0.2, 0.25) is 0 Å². The second-order valence-electron chi connectivity index (χ2n) is 6.11. The van der Waals surface area contributed by atoms with Gasteiger partial charge in [0.1, 0.15) is 0 Å². The lowest BCUT2D eigenvalue weighted by atomic mass is 9.43. The maximum absolute atomic E-state index is 6.40. The second-order valence-corrected chi connectivity index (χ2v) is 6.93. The summed E-state index contributed by atoms with van der Waals surface area (Å²) < 4.78 is 0. The maximum Gasteiger partial charge on any atom is 0.0459 e. The molecule has 2 aliphatic carbocycles. The molecule has 1 nitrogen and oxygen atoms in total. The lowest BCUT2D eigenvalue weighted by molar-refractivity contribution is -0.0474. The quantitative estimate of drug-likeness (QED) is 0.866. The fourth-order valence-corrected chi connectivity index (χ4v) is 4.95. The molecule has 2 saturated carbocycles. The predicted octanol–water partition coefficient (Wildman–Crippen LogP) is 4.41. The molecule has 0 aliphatic heterocycles. The Bertz CT molecular complexity index is 437. The summed E-state index contributed by atoms with van der Waals surface area (Å²) in [6, 6.07) is 5.86. The van der Waals surface area contributed by atoms with Gasteiger partial charge in [-0.05, 0) is 55.8 Å². The molecule has 0 atom stereocenters. The van der Waals surface area contributed by atoms with Crippen LogP contribution in [0.15, 0.2) is 18.2 Å². The monoisotopic (exact) mass is 283 g/mol. The Morgan fingerprint density at radius 3 is 2.22 bits per heavy atom. The molecule has 0 unspecified atom stereocenters. The number of likely N-dealkylation sites (N-methyl/N-ethyl adjacent to an activating group) is 1. The summed E-state index contributed by atoms with van der Waals surface area (Å²) in [7, 11) is 2.01. The maximum atomic E-state index is 6.40. The van der Waals surface area contributed by atoms with E-state index in [0.717, 1.165) is 16.6 Å². The zero-order valence-electron chi connectivity index (χ0n) is 10.7. The van der Waals surface area contributed by atoms with Crippen molar-refractivity contribution in [3.63, 3.8) is 0 Å². The number of nitrogens with one attached hydrogen (secondary N) is 1. The van der Waals surface area contributed by atoms with Crippen molar-refractivity contribution < 1.29 is 0 Å². The average Bonchev–Trinajstić information content (AvgIpc) is 2.21. The zero-order valence-corrected chi connectivity index (χ0v) is 12.2. The van der Waals surface area contributed by atoms with Crippen molar-refractivity contribution in [1.82, 2.24) is 5.32 Å². The molecule has 0 saturated heterocycles. The van der Waals surface area contributed by atoms with Crippen LogP contribution in [0.4, 0.5) is 0 Å². The van der Waals surface area contributed by atoms with Crippen molar-refractivity contribution in [2.45, 2.75) is 37.5 Å². The van der Waals surface area contributed by atoms with Gasteiger partial charge in [-0.3, -0.25) is 0 Å². The van der Waals surface area contributed by atoms with Gasteiger partial charge in [-0.15, -0.1) is 0 Å². The molecule has 3 heteroatoms. The van der Waals surface area contributed by atoms with Crippen LogP contribution in [0.5, 0.6) is 0 Å². The fourth-order valence-electron chi connectivity index (χ4n) is 4.15. The Kier molecular flexibility index (Phi) is 3.12. The lowest BCUT2D eigenvalue weighted by Gasteiger charge is -2.62. The molecule has 0 aromatic heterocycles. The summed E-state index contributed by atoms with van der Waals surface area (Å²) in [5, 5.41) is 4.98. The van der Waals surface area contributed by atoms with E-state index in [1.807, 2.05) is 25.2 Å². The molecule has 98 valence electrons. The van der Waals surface area contributed by atoms with Crippen LogP contribution in [0.1, 0.15) is 37.7 Å². The normalized spacial score (nSPS) is 23.5. The minimum atomic E-state index is 0.157. The van der Waals surface area contributed by atoms with Crippen LogP contribution < -0.4 is 5.32 Å². The van der Waals surface area contributed by atoms with Crippen molar-refractivity contribution >= 4 is 23.2 Å². The Morgan fingerprint density at radius 1 is 1.17 bits per heavy atom. The predicted molar refractivity (Wildman–Crippen MR) is 77.6 cm³/mol. The van der Waals surface area contributed by atoms with E-state index in [1.54, 1.807) is 0 Å². The largest absolute Gasteiger partial charge is 0.319 e. The van der Waals surface area contributed by atoms with Gasteiger partial charge in [-0.1, -0.05) is 35.7 Å². The first-order valence-electron chi connectivity index (χ1n) is 6.70. The van der Waals surface area contributed by atoms with E-state index < -0.39 is 0 Å². The molecule has 1 aromatic rings. The van der Waals surface area contributed by atoms with Crippen LogP contribution in [0.2, 0.25) is 10.0 Å². The Hall–Kier alpha value is -0.240. The molecule has 1 N–H and O–H groups in total. The SMILES string of the molecule is CNCC1(c2c(Cl)cccc2Cl)CC2(CCC2)C1. The summed E-state index contributed by atoms with van der Waals surface area (Å²) in [5.41, 5.74) is 1.93. The van der Waals surface area contributed by atoms with E-state index in [4.69, 9.17) is 23.2 Å². The van der Waals surface area contributed by atoms with Crippen LogP contribution in [-0.4, -0.2) is 13.6 Å². The summed E-state index contributed by atoms with van der Waals surface area (Å²) in [6.45, 7) is 0.970. The highest BCUT2D eigenvalue weighted by molar-refractivity contribution is 6.36. The minimum Gasteiger partial charge on any atom is -0.319 e. The van der Waals surface area contributed by atoms with Gasteiger partial charge in [-0.2, -0.15) is 0 Å². The van der Waals surface area contributed by atoms with E-state index >= 15 is 0 Å². The number of hydrogen-bond acceptors (Lipinski definition) is 1. The summed E-state index contributed by atoms with van der Waals surface area (Å²) in [5.74, 6) is 0. The molecule has 1 spiro atoms. The van der Waals surface area contributed by atoms with E-state index in [9.17, 15) is 0 Å². The third-order valence-electron chi connectivity index (χ3n) is 4.85. The van der Waals surface area contributed by atoms with Crippen LogP contribution in [0, 0.1) is 5.41 Å². The third-order valence-corrected chi connectivity index (χ3v) is 5.48. The highest BCUT2D eigenvalue weighted by Crippen LogP contribution is 2.66. The fraction of sp³-hybridized carbons (Fsp3) is 0.600. The van der Waals surface area contributed by atoms with Crippen molar-refractivity contribution in [2.75, 3.05) is 13.6 Å². The number of hydrogen-bond donors (Lipinski definition) is 1. The highest BCUT2D eigenvalue weighted by Gasteiger charge is 2.58. The van der Waals surface area contributed by atoms with Crippen LogP contribution in [0.25, 0.3) is 0 Å². The molecular formula is C15H19Cl2N. The number of rotatable bonds is 3. The zero-order chi connectivity index (χ0) is 12.8. The van der Waals surface area contributed by atoms with Crippen molar-refractivity contribution in [3.05, 3.63) is 33.8 Å². The smallest absolute Gasteiger partial charge is 0.0459 e. The molecule has 3 rings (SSSR count). The van der Waals surface area contributed by atoms with E-state index in [-0.39, 0.29) is 5.41 Å². The third kappa shape index (κ3) is 1.79. The van der Waals surface area contributed by atoms with Gasteiger partial charge in [0, 0.05) is 22.0 Å². The average molecular weight is 284 g/mol. The van der Waals surface area contributed by atoms with E-state index in [0.29, 0.717) is 5.41 Å². The number of halogens is 2. The molecule has 18 heavy (non-hydrogen) atoms. The van der Waals surface area contributed by atoms with Gasteiger partial charge in [0.15, 0.2) is 0 Å². The molecule has 0 bridgehead atoms. The molecule has 0 amide bonds. The van der Waals surface area contributed by atoms with Crippen molar-refractivity contribution in [2.24, 2.45) is 5.41 Å². The standard InChI is InChI=1S/C15H19Cl2N/c1-18-10-15(8-14(9-15)6-3-7-14)13-11(16)4-2-5-12(13)17/h2,4-5,18H,3,6-10H2,1H3. The van der Waals surface area contributed by atoms with Gasteiger partial charge >= 0.3 is 0 Å². The Labute approximate surface area is 119 Å². The Balaban J connectivity index is 1.95. The first kappa shape index (κ1) is 12.8. The second kappa shape index (κ2) is 4.40. The van der Waals surface area contributed by atoms with Crippen molar-refractivity contribution in [1.29, 1.82) is 0 Å². The van der Waals surface area contributed by atoms with Crippen molar-refractivity contribution in [3.8, 4) is 0 Å². The van der Waals surface area contributed by atoms with Gasteiger partial charge in [0.05, 0.1) is 0 Å². The first-order chi connectivity index (χ1) is 8.61. The van der Waals surface area contributed by atoms with Crippen LogP contribution >= 0.6 is 23.2 Å². The Morgan fingerprint density at radius 2 is 1.78 bits per heavy atom. The number of benzene rings is 1. The van der Waals surface area contributed by atoms with Crippen LogP contribution in [-0.2, 0) is 5.41 Å². The molecule has 0 radical (unpaired) electrons. The highest BCUT2D eigenvalue weighted by atomic mass is 35.5. The topological polar surface area (TPSA) is 12.0 Å². The lowest BCUT2D eigenvalue weighted by Crippen LogP contribution is -2.57. The van der Waals surface area contributed by atoms with Crippen LogP contribution in [0.3, 0.4) is 0 Å². The van der Waals surface area contributed by atoms with Gasteiger partial charge < -0.3 is 5.32 Å². The van der Waals surface area contributed by atoms with Gasteiger partial charge in [0.25, 0.3) is 0 Å². The molecule has 1 aromatic carbocycles. The molecular weight excluding hydrogens is 265 g/mol. The first-order valence-corrected chi connectivity index (χ1v) is 7.46. The summed E-state index contributed by atoms with van der Waals surface area (Å²) >= 11 is 12.8. The summed E-state index contributed by atoms with van der Waals surface area (Å²) in [4.78, 5) is 0. The summed E-state index contributed by atoms with van der Waals surface area (Å²) in [6.07, 6.45) is 6.65. The molecule has 2 fully saturated rings.